The van der Waals surface area contributed by atoms with Crippen molar-refractivity contribution in [1.29, 1.82) is 5.26 Å². The number of aromatic nitrogens is 1. The lowest BCUT2D eigenvalue weighted by Gasteiger charge is -2.36. The van der Waals surface area contributed by atoms with E-state index in [0.29, 0.717) is 37.6 Å². The van der Waals surface area contributed by atoms with Crippen LogP contribution in [0.2, 0.25) is 0 Å². The zero-order chi connectivity index (χ0) is 18.8. The summed E-state index contributed by atoms with van der Waals surface area (Å²) in [4.78, 5) is 21.4. The summed E-state index contributed by atoms with van der Waals surface area (Å²) in [5.41, 5.74) is 3.26. The van der Waals surface area contributed by atoms with Crippen molar-refractivity contribution in [3.05, 3.63) is 71.3 Å². The number of nitriles is 1. The van der Waals surface area contributed by atoms with E-state index in [1.807, 2.05) is 66.4 Å². The van der Waals surface area contributed by atoms with E-state index in [9.17, 15) is 10.1 Å². The average molecular weight is 356 g/mol. The summed E-state index contributed by atoms with van der Waals surface area (Å²) < 4.78 is 0. The molecular weight excluding hydrogens is 336 g/mol. The number of anilines is 1. The molecule has 0 aliphatic carbocycles. The van der Waals surface area contributed by atoms with E-state index < -0.39 is 0 Å². The number of fused-ring (bicyclic) bond motifs is 1. The highest BCUT2D eigenvalue weighted by atomic mass is 16.2. The van der Waals surface area contributed by atoms with Crippen LogP contribution < -0.4 is 4.90 Å². The molecule has 0 spiro atoms. The van der Waals surface area contributed by atoms with Crippen molar-refractivity contribution in [1.82, 2.24) is 9.88 Å². The summed E-state index contributed by atoms with van der Waals surface area (Å²) in [5.74, 6) is 0.768. The molecule has 1 aliphatic rings. The van der Waals surface area contributed by atoms with Crippen LogP contribution >= 0.6 is 0 Å². The number of para-hydroxylation sites is 1. The van der Waals surface area contributed by atoms with E-state index in [1.165, 1.54) is 0 Å². The van der Waals surface area contributed by atoms with E-state index in [1.54, 1.807) is 0 Å². The molecule has 5 nitrogen and oxygen atoms in total. The van der Waals surface area contributed by atoms with Crippen LogP contribution in [0, 0.1) is 18.3 Å². The minimum absolute atomic E-state index is 0.0605. The molecule has 1 saturated heterocycles. The van der Waals surface area contributed by atoms with Crippen molar-refractivity contribution in [2.75, 3.05) is 31.1 Å². The van der Waals surface area contributed by atoms with E-state index in [0.717, 1.165) is 22.0 Å². The fourth-order valence-corrected chi connectivity index (χ4v) is 3.51. The maximum Gasteiger partial charge on any atom is 0.253 e. The first-order valence-corrected chi connectivity index (χ1v) is 9.06. The summed E-state index contributed by atoms with van der Waals surface area (Å²) in [6.45, 7) is 4.55. The van der Waals surface area contributed by atoms with Crippen LogP contribution in [0.15, 0.2) is 54.6 Å². The van der Waals surface area contributed by atoms with Crippen molar-refractivity contribution in [3.8, 4) is 6.07 Å². The highest BCUT2D eigenvalue weighted by molar-refractivity contribution is 5.94. The van der Waals surface area contributed by atoms with Gasteiger partial charge in [0.05, 0.1) is 11.1 Å². The van der Waals surface area contributed by atoms with E-state index in [4.69, 9.17) is 4.98 Å². The molecule has 0 unspecified atom stereocenters. The summed E-state index contributed by atoms with van der Waals surface area (Å²) in [6, 6.07) is 19.7. The number of piperazine rings is 1. The second-order valence-corrected chi connectivity index (χ2v) is 6.81. The van der Waals surface area contributed by atoms with Gasteiger partial charge in [-0.3, -0.25) is 4.79 Å². The molecule has 5 heteroatoms. The van der Waals surface area contributed by atoms with E-state index in [-0.39, 0.29) is 5.91 Å². The van der Waals surface area contributed by atoms with Crippen molar-refractivity contribution >= 4 is 22.6 Å². The number of benzene rings is 2. The monoisotopic (exact) mass is 356 g/mol. The highest BCUT2D eigenvalue weighted by Gasteiger charge is 2.24. The highest BCUT2D eigenvalue weighted by Crippen LogP contribution is 2.24. The number of pyridine rings is 1. The predicted octanol–water partition coefficient (Wildman–Crippen LogP) is 3.38. The second-order valence-electron chi connectivity index (χ2n) is 6.81. The largest absolute Gasteiger partial charge is 0.352 e. The molecular formula is C22H20N4O. The smallest absolute Gasteiger partial charge is 0.253 e. The van der Waals surface area contributed by atoms with Gasteiger partial charge in [-0.25, -0.2) is 4.98 Å². The Bertz CT molecular complexity index is 1050. The van der Waals surface area contributed by atoms with Gasteiger partial charge >= 0.3 is 0 Å². The number of carbonyl (C=O) groups is 1. The van der Waals surface area contributed by atoms with Crippen molar-refractivity contribution in [2.45, 2.75) is 6.92 Å². The van der Waals surface area contributed by atoms with E-state index >= 15 is 0 Å². The van der Waals surface area contributed by atoms with Gasteiger partial charge in [-0.15, -0.1) is 0 Å². The number of carbonyl (C=O) groups excluding carboxylic acids is 1. The standard InChI is InChI=1S/C22H20N4O/c1-16-5-4-7-18(13-16)22(27)26-11-9-25(10-12-26)21-19(15-23)14-17-6-2-3-8-20(17)24-21/h2-8,13-14H,9-12H2,1H3. The Hall–Kier alpha value is -3.39. The first-order chi connectivity index (χ1) is 13.2. The molecule has 0 bridgehead atoms. The lowest BCUT2D eigenvalue weighted by atomic mass is 10.1. The Morgan fingerprint density at radius 3 is 2.56 bits per heavy atom. The number of amides is 1. The fraction of sp³-hybridized carbons (Fsp3) is 0.227. The van der Waals surface area contributed by atoms with Crippen LogP contribution in [0.25, 0.3) is 10.9 Å². The molecule has 4 rings (SSSR count). The first kappa shape index (κ1) is 17.0. The van der Waals surface area contributed by atoms with Crippen LogP contribution in [0.1, 0.15) is 21.5 Å². The Labute approximate surface area is 158 Å². The number of rotatable bonds is 2. The van der Waals surface area contributed by atoms with Crippen LogP contribution in [0.3, 0.4) is 0 Å². The zero-order valence-corrected chi connectivity index (χ0v) is 15.2. The molecule has 2 heterocycles. The third-order valence-corrected chi connectivity index (χ3v) is 4.96. The summed E-state index contributed by atoms with van der Waals surface area (Å²) in [7, 11) is 0. The van der Waals surface area contributed by atoms with Gasteiger partial charge in [0.1, 0.15) is 11.9 Å². The van der Waals surface area contributed by atoms with Gasteiger partial charge in [-0.2, -0.15) is 5.26 Å². The molecule has 2 aromatic carbocycles. The Morgan fingerprint density at radius 1 is 1.04 bits per heavy atom. The maximum atomic E-state index is 12.7. The number of hydrogen-bond donors (Lipinski definition) is 0. The third-order valence-electron chi connectivity index (χ3n) is 4.96. The number of nitrogens with zero attached hydrogens (tertiary/aromatic N) is 4. The molecule has 1 aromatic heterocycles. The molecule has 1 fully saturated rings. The van der Waals surface area contributed by atoms with Crippen LogP contribution in [0.5, 0.6) is 0 Å². The van der Waals surface area contributed by atoms with Gasteiger partial charge < -0.3 is 9.80 Å². The lowest BCUT2D eigenvalue weighted by molar-refractivity contribution is 0.0746. The summed E-state index contributed by atoms with van der Waals surface area (Å²) >= 11 is 0. The minimum Gasteiger partial charge on any atom is -0.352 e. The molecule has 27 heavy (non-hydrogen) atoms. The van der Waals surface area contributed by atoms with Gasteiger partial charge in [0, 0.05) is 37.1 Å². The average Bonchev–Trinajstić information content (AvgIpc) is 2.72. The Morgan fingerprint density at radius 2 is 1.81 bits per heavy atom. The van der Waals surface area contributed by atoms with Gasteiger partial charge in [0.15, 0.2) is 0 Å². The Kier molecular flexibility index (Phi) is 4.47. The van der Waals surface area contributed by atoms with E-state index in [2.05, 4.69) is 11.0 Å². The molecule has 3 aromatic rings. The topological polar surface area (TPSA) is 60.2 Å². The number of aryl methyl sites for hydroxylation is 1. The van der Waals surface area contributed by atoms with Crippen LogP contribution in [-0.2, 0) is 0 Å². The number of hydrogen-bond acceptors (Lipinski definition) is 4. The molecule has 0 radical (unpaired) electrons. The molecule has 0 N–H and O–H groups in total. The quantitative estimate of drug-likeness (QED) is 0.706. The maximum absolute atomic E-state index is 12.7. The Balaban J connectivity index is 1.53. The summed E-state index contributed by atoms with van der Waals surface area (Å²) in [5, 5.41) is 10.5. The molecule has 1 aliphatic heterocycles. The normalized spacial score (nSPS) is 14.2. The molecule has 0 atom stereocenters. The third kappa shape index (κ3) is 3.34. The molecule has 134 valence electrons. The zero-order valence-electron chi connectivity index (χ0n) is 15.2. The summed E-state index contributed by atoms with van der Waals surface area (Å²) in [6.07, 6.45) is 0. The van der Waals surface area contributed by atoms with Gasteiger partial charge in [-0.1, -0.05) is 35.9 Å². The van der Waals surface area contributed by atoms with Crippen LogP contribution in [-0.4, -0.2) is 42.0 Å². The van der Waals surface area contributed by atoms with Gasteiger partial charge in [0.25, 0.3) is 5.91 Å². The first-order valence-electron chi connectivity index (χ1n) is 9.06. The minimum atomic E-state index is 0.0605. The van der Waals surface area contributed by atoms with Crippen molar-refractivity contribution in [2.24, 2.45) is 0 Å². The lowest BCUT2D eigenvalue weighted by Crippen LogP contribution is -2.49. The predicted molar refractivity (Wildman–Crippen MR) is 106 cm³/mol. The van der Waals surface area contributed by atoms with Crippen molar-refractivity contribution in [3.63, 3.8) is 0 Å². The van der Waals surface area contributed by atoms with Gasteiger partial charge in [-0.05, 0) is 31.2 Å². The SMILES string of the molecule is Cc1cccc(C(=O)N2CCN(c3nc4ccccc4cc3C#N)CC2)c1. The van der Waals surface area contributed by atoms with Gasteiger partial charge in [0.2, 0.25) is 0 Å². The molecule has 0 saturated carbocycles. The molecule has 1 amide bonds. The second kappa shape index (κ2) is 7.08. The van der Waals surface area contributed by atoms with Crippen molar-refractivity contribution < 1.29 is 4.79 Å². The fourth-order valence-electron chi connectivity index (χ4n) is 3.51. The van der Waals surface area contributed by atoms with Crippen LogP contribution in [0.4, 0.5) is 5.82 Å².